The van der Waals surface area contributed by atoms with E-state index in [0.29, 0.717) is 11.3 Å². The molecule has 2 aliphatic rings. The maximum absolute atomic E-state index is 11.8. The molecule has 0 aromatic carbocycles. The van der Waals surface area contributed by atoms with Crippen LogP contribution in [-0.4, -0.2) is 45.2 Å². The number of aliphatic hydroxyl groups excluding tert-OH is 1. The minimum absolute atomic E-state index is 0.0122. The molecule has 1 saturated heterocycles. The van der Waals surface area contributed by atoms with Gasteiger partial charge in [-0.2, -0.15) is 0 Å². The minimum atomic E-state index is -1.47. The second-order valence-electron chi connectivity index (χ2n) is 4.44. The Morgan fingerprint density at radius 1 is 1.63 bits per heavy atom. The third kappa shape index (κ3) is 2.31. The summed E-state index contributed by atoms with van der Waals surface area (Å²) in [5, 5.41) is 17.6. The van der Waals surface area contributed by atoms with Crippen LogP contribution in [0, 0.1) is 5.92 Å². The number of nitrogens with two attached hydrogens (primary N) is 1. The lowest BCUT2D eigenvalue weighted by atomic mass is 9.99. The third-order valence-electron chi connectivity index (χ3n) is 3.15. The highest BCUT2D eigenvalue weighted by atomic mass is 32.2. The van der Waals surface area contributed by atoms with Crippen LogP contribution in [0.5, 0.6) is 0 Å². The number of hydrogen-bond donors (Lipinski definition) is 3. The number of amides is 1. The van der Waals surface area contributed by atoms with E-state index in [0.717, 1.165) is 6.42 Å². The molecule has 4 N–H and O–H groups in total. The summed E-state index contributed by atoms with van der Waals surface area (Å²) in [5.41, 5.74) is 5.99. The van der Waals surface area contributed by atoms with Crippen LogP contribution in [0.25, 0.3) is 0 Å². The Labute approximate surface area is 114 Å². The summed E-state index contributed by atoms with van der Waals surface area (Å²) in [6.07, 6.45) is 0.0405. The molecule has 7 nitrogen and oxygen atoms in total. The van der Waals surface area contributed by atoms with Gasteiger partial charge in [-0.1, -0.05) is 25.1 Å². The van der Waals surface area contributed by atoms with Crippen molar-refractivity contribution in [3.63, 3.8) is 0 Å². The van der Waals surface area contributed by atoms with Crippen molar-refractivity contribution in [3.05, 3.63) is 10.8 Å². The van der Waals surface area contributed by atoms with Gasteiger partial charge in [-0.3, -0.25) is 9.69 Å². The molecule has 2 aliphatic heterocycles. The second-order valence-corrected chi connectivity index (χ2v) is 5.60. The average Bonchev–Trinajstić information content (AvgIpc) is 2.64. The molecule has 19 heavy (non-hydrogen) atoms. The van der Waals surface area contributed by atoms with E-state index in [4.69, 9.17) is 20.7 Å². The zero-order valence-corrected chi connectivity index (χ0v) is 11.2. The Morgan fingerprint density at radius 2 is 2.32 bits per heavy atom. The molecular formula is C11H16N2O5S. The quantitative estimate of drug-likeness (QED) is 0.498. The van der Waals surface area contributed by atoms with E-state index < -0.39 is 12.1 Å². The van der Waals surface area contributed by atoms with Crippen molar-refractivity contribution in [2.24, 2.45) is 11.7 Å². The van der Waals surface area contributed by atoms with Crippen molar-refractivity contribution in [2.75, 3.05) is 6.61 Å². The van der Waals surface area contributed by atoms with E-state index in [1.54, 1.807) is 0 Å². The summed E-state index contributed by atoms with van der Waals surface area (Å²) < 4.78 is 4.71. The molecule has 0 spiro atoms. The molecule has 0 unspecified atom stereocenters. The van der Waals surface area contributed by atoms with Gasteiger partial charge in [0.05, 0.1) is 17.4 Å². The molecule has 0 aromatic rings. The van der Waals surface area contributed by atoms with Crippen molar-refractivity contribution in [1.82, 2.24) is 4.90 Å². The van der Waals surface area contributed by atoms with Gasteiger partial charge in [0.15, 0.2) is 0 Å². The predicted molar refractivity (Wildman–Crippen MR) is 67.8 cm³/mol. The lowest BCUT2D eigenvalue weighted by molar-refractivity contribution is -0.151. The molecular weight excluding hydrogens is 272 g/mol. The van der Waals surface area contributed by atoms with E-state index in [2.05, 4.69) is 0 Å². The molecule has 0 bridgehead atoms. The van der Waals surface area contributed by atoms with Crippen LogP contribution in [0.1, 0.15) is 19.8 Å². The number of carboxylic acid groups (broad SMARTS) is 1. The first-order valence-corrected chi connectivity index (χ1v) is 6.90. The van der Waals surface area contributed by atoms with Gasteiger partial charge in [0.1, 0.15) is 5.37 Å². The van der Waals surface area contributed by atoms with Gasteiger partial charge in [0.25, 0.3) is 0 Å². The van der Waals surface area contributed by atoms with Crippen molar-refractivity contribution in [2.45, 2.75) is 31.2 Å². The fraction of sp³-hybridized carbons (Fsp3) is 0.636. The Kier molecular flexibility index (Phi) is 4.02. The summed E-state index contributed by atoms with van der Waals surface area (Å²) in [5.74, 6) is -0.822. The third-order valence-corrected chi connectivity index (χ3v) is 4.66. The Morgan fingerprint density at radius 3 is 2.84 bits per heavy atom. The molecule has 0 saturated carbocycles. The van der Waals surface area contributed by atoms with Crippen molar-refractivity contribution in [1.29, 1.82) is 0 Å². The molecule has 2 rings (SSSR count). The Hall–Kier alpha value is -1.25. The zero-order valence-electron chi connectivity index (χ0n) is 10.4. The highest BCUT2D eigenvalue weighted by Crippen LogP contribution is 2.50. The summed E-state index contributed by atoms with van der Waals surface area (Å²) in [4.78, 5) is 24.4. The number of rotatable bonds is 5. The lowest BCUT2D eigenvalue weighted by Crippen LogP contribution is -2.58. The van der Waals surface area contributed by atoms with Gasteiger partial charge in [-0.05, 0) is 6.42 Å². The van der Waals surface area contributed by atoms with Gasteiger partial charge in [-0.15, -0.1) is 0 Å². The fourth-order valence-electron chi connectivity index (χ4n) is 2.21. The number of carbonyl (C=O) groups is 2. The topological polar surface area (TPSA) is 113 Å². The fourth-order valence-corrected chi connectivity index (χ4v) is 3.68. The highest BCUT2D eigenvalue weighted by molar-refractivity contribution is 8.04. The standard InChI is InChI=1S/C11H16N2O5S/c1-2-3-6(12)7-9(18-11(16)17)13-8(15)5(4-14)10(13)19-7/h5-6,10,14H,2-4,12H2,1H3,(H,16,17)/t5-,6-,10+/m0/s1. The first kappa shape index (κ1) is 14.2. The maximum Gasteiger partial charge on any atom is 0.512 e. The van der Waals surface area contributed by atoms with Gasteiger partial charge in [0.2, 0.25) is 11.8 Å². The largest absolute Gasteiger partial charge is 0.512 e. The number of carbonyl (C=O) groups excluding carboxylic acids is 1. The van der Waals surface area contributed by atoms with Crippen LogP contribution in [0.3, 0.4) is 0 Å². The molecule has 2 heterocycles. The number of aliphatic hydroxyl groups is 1. The second kappa shape index (κ2) is 5.40. The summed E-state index contributed by atoms with van der Waals surface area (Å²) in [6.45, 7) is 1.71. The average molecular weight is 288 g/mol. The summed E-state index contributed by atoms with van der Waals surface area (Å²) in [7, 11) is 0. The first-order chi connectivity index (χ1) is 9.01. The zero-order chi connectivity index (χ0) is 14.2. The highest BCUT2D eigenvalue weighted by Gasteiger charge is 2.56. The number of β-lactam (4-membered cyclic amide) rings is 1. The number of fused-ring (bicyclic) bond motifs is 1. The van der Waals surface area contributed by atoms with Crippen LogP contribution >= 0.6 is 11.8 Å². The lowest BCUT2D eigenvalue weighted by Gasteiger charge is -2.40. The van der Waals surface area contributed by atoms with Crippen LogP contribution in [0.4, 0.5) is 4.79 Å². The van der Waals surface area contributed by atoms with Gasteiger partial charge < -0.3 is 20.7 Å². The van der Waals surface area contributed by atoms with Crippen molar-refractivity contribution in [3.8, 4) is 0 Å². The Balaban J connectivity index is 2.24. The van der Waals surface area contributed by atoms with Crippen molar-refractivity contribution < 1.29 is 24.5 Å². The number of hydrogen-bond acceptors (Lipinski definition) is 6. The predicted octanol–water partition coefficient (Wildman–Crippen LogP) is 0.501. The normalized spacial score (nSPS) is 27.1. The molecule has 106 valence electrons. The van der Waals surface area contributed by atoms with E-state index in [1.807, 2.05) is 6.92 Å². The van der Waals surface area contributed by atoms with E-state index in [9.17, 15) is 9.59 Å². The number of ether oxygens (including phenoxy) is 1. The van der Waals surface area contributed by atoms with Crippen LogP contribution < -0.4 is 5.73 Å². The molecule has 0 aromatic heterocycles. The molecule has 0 radical (unpaired) electrons. The molecule has 8 heteroatoms. The van der Waals surface area contributed by atoms with Crippen LogP contribution in [-0.2, 0) is 9.53 Å². The van der Waals surface area contributed by atoms with E-state index >= 15 is 0 Å². The molecule has 1 fully saturated rings. The van der Waals surface area contributed by atoms with Gasteiger partial charge in [-0.25, -0.2) is 4.79 Å². The summed E-state index contributed by atoms with van der Waals surface area (Å²) in [6, 6.07) is -0.359. The first-order valence-electron chi connectivity index (χ1n) is 6.02. The van der Waals surface area contributed by atoms with Gasteiger partial charge >= 0.3 is 6.16 Å². The van der Waals surface area contributed by atoms with Crippen LogP contribution in [0.2, 0.25) is 0 Å². The Bertz CT molecular complexity index is 439. The maximum atomic E-state index is 11.8. The van der Waals surface area contributed by atoms with Gasteiger partial charge in [0, 0.05) is 6.04 Å². The van der Waals surface area contributed by atoms with E-state index in [1.165, 1.54) is 16.7 Å². The number of thioether (sulfide) groups is 1. The monoisotopic (exact) mass is 288 g/mol. The van der Waals surface area contributed by atoms with Crippen LogP contribution in [0.15, 0.2) is 10.8 Å². The molecule has 0 aliphatic carbocycles. The summed E-state index contributed by atoms with van der Waals surface area (Å²) >= 11 is 1.31. The molecule has 3 atom stereocenters. The van der Waals surface area contributed by atoms with Crippen molar-refractivity contribution >= 4 is 23.8 Å². The SMILES string of the molecule is CCC[C@H](N)C1=C(OC(=O)O)N2C(=O)[C@H](CO)[C@H]2S1. The smallest absolute Gasteiger partial charge is 0.449 e. The number of nitrogens with zero attached hydrogens (tertiary/aromatic N) is 1. The minimum Gasteiger partial charge on any atom is -0.449 e. The van der Waals surface area contributed by atoms with E-state index in [-0.39, 0.29) is 29.8 Å². The molecule has 1 amide bonds.